The lowest BCUT2D eigenvalue weighted by molar-refractivity contribution is -0.0970. The van der Waals surface area contributed by atoms with Gasteiger partial charge in [0.25, 0.3) is 0 Å². The SMILES string of the molecule is C=CC1CCC(C=C)C1(O)CNC(=O)OC1CC2CC3(C)C4(CN=C)CC1(C)C234. The highest BCUT2D eigenvalue weighted by atomic mass is 16.6. The van der Waals surface area contributed by atoms with Crippen LogP contribution in [0.3, 0.4) is 0 Å². The third kappa shape index (κ3) is 1.76. The molecule has 158 valence electrons. The average Bonchev–Trinajstić information content (AvgIpc) is 2.89. The average molecular weight is 399 g/mol. The van der Waals surface area contributed by atoms with Crippen molar-refractivity contribution >= 4 is 12.8 Å². The number of aliphatic hydroxyl groups is 1. The topological polar surface area (TPSA) is 70.9 Å². The molecule has 0 saturated heterocycles. The van der Waals surface area contributed by atoms with E-state index in [4.69, 9.17) is 4.74 Å². The minimum Gasteiger partial charge on any atom is -0.446 e. The summed E-state index contributed by atoms with van der Waals surface area (Å²) in [7, 11) is 0. The molecule has 8 unspecified atom stereocenters. The van der Waals surface area contributed by atoms with Crippen LogP contribution in [0.5, 0.6) is 0 Å². The number of nitrogens with zero attached hydrogens (tertiary/aromatic N) is 1. The summed E-state index contributed by atoms with van der Waals surface area (Å²) in [5.74, 6) is 0.547. The summed E-state index contributed by atoms with van der Waals surface area (Å²) in [5.41, 5.74) is -0.0449. The molecule has 5 fully saturated rings. The Morgan fingerprint density at radius 2 is 1.93 bits per heavy atom. The maximum atomic E-state index is 12.7. The van der Waals surface area contributed by atoms with Gasteiger partial charge in [0, 0.05) is 29.2 Å². The quantitative estimate of drug-likeness (QED) is 0.507. The lowest BCUT2D eigenvalue weighted by Gasteiger charge is -2.53. The molecule has 0 aliphatic heterocycles. The first-order chi connectivity index (χ1) is 13.7. The van der Waals surface area contributed by atoms with Crippen LogP contribution in [0.2, 0.25) is 0 Å². The first-order valence-electron chi connectivity index (χ1n) is 11.1. The van der Waals surface area contributed by atoms with Gasteiger partial charge in [0.1, 0.15) is 6.10 Å². The summed E-state index contributed by atoms with van der Waals surface area (Å²) < 4.78 is 5.99. The van der Waals surface area contributed by atoms with Gasteiger partial charge in [-0.15, -0.1) is 13.2 Å². The number of amides is 1. The van der Waals surface area contributed by atoms with E-state index in [-0.39, 0.29) is 29.9 Å². The van der Waals surface area contributed by atoms with Gasteiger partial charge in [-0.2, -0.15) is 0 Å². The molecule has 0 heterocycles. The summed E-state index contributed by atoms with van der Waals surface area (Å²) in [6.07, 6.45) is 8.08. The molecule has 5 rings (SSSR count). The van der Waals surface area contributed by atoms with E-state index < -0.39 is 11.7 Å². The second kappa shape index (κ2) is 5.54. The number of alkyl carbamates (subject to hydrolysis) is 1. The molecule has 2 N–H and O–H groups in total. The van der Waals surface area contributed by atoms with Crippen molar-refractivity contribution in [2.75, 3.05) is 13.1 Å². The Hall–Kier alpha value is -1.62. The van der Waals surface area contributed by atoms with Gasteiger partial charge < -0.3 is 20.2 Å². The molecular formula is C24H34N2O3. The third-order valence-corrected chi connectivity index (χ3v) is 10.5. The Morgan fingerprint density at radius 1 is 1.28 bits per heavy atom. The zero-order valence-corrected chi connectivity index (χ0v) is 17.7. The van der Waals surface area contributed by atoms with Gasteiger partial charge in [-0.1, -0.05) is 26.0 Å². The molecule has 1 spiro atoms. The molecule has 5 nitrogen and oxygen atoms in total. The van der Waals surface area contributed by atoms with Crippen molar-refractivity contribution < 1.29 is 14.6 Å². The van der Waals surface area contributed by atoms with Crippen molar-refractivity contribution in [2.45, 2.75) is 57.7 Å². The van der Waals surface area contributed by atoms with Crippen LogP contribution in [-0.4, -0.2) is 42.7 Å². The van der Waals surface area contributed by atoms with E-state index in [1.54, 1.807) is 12.2 Å². The van der Waals surface area contributed by atoms with Crippen LogP contribution in [0.1, 0.15) is 46.0 Å². The van der Waals surface area contributed by atoms with Crippen LogP contribution in [-0.2, 0) is 4.74 Å². The number of aliphatic imine (C=N–C) groups is 1. The zero-order valence-electron chi connectivity index (χ0n) is 17.7. The van der Waals surface area contributed by atoms with Gasteiger partial charge in [-0.25, -0.2) is 4.79 Å². The fraction of sp³-hybridized carbons (Fsp3) is 0.750. The van der Waals surface area contributed by atoms with E-state index in [1.807, 2.05) is 0 Å². The van der Waals surface area contributed by atoms with E-state index in [1.165, 1.54) is 6.42 Å². The molecule has 0 bridgehead atoms. The largest absolute Gasteiger partial charge is 0.446 e. The molecule has 0 radical (unpaired) electrons. The highest BCUT2D eigenvalue weighted by molar-refractivity contribution is 5.68. The highest BCUT2D eigenvalue weighted by Gasteiger charge is 3.05. The summed E-state index contributed by atoms with van der Waals surface area (Å²) >= 11 is 0. The molecule has 5 heteroatoms. The summed E-state index contributed by atoms with van der Waals surface area (Å²) in [5, 5.41) is 14.0. The van der Waals surface area contributed by atoms with E-state index in [0.29, 0.717) is 22.2 Å². The number of carbonyl (C=O) groups is 1. The standard InChI is InChI=1S/C24H34N2O3/c1-6-15-8-9-16(7-2)23(15,28)14-26-19(27)29-18-10-17-11-21(4)22(13-25-5)12-20(18,3)24(17,21)22/h6-7,15-18,28H,1-2,5,8-14H2,3-4H3,(H,26,27). The number of rotatable bonds is 7. The van der Waals surface area contributed by atoms with Crippen molar-refractivity contribution in [3.63, 3.8) is 0 Å². The summed E-state index contributed by atoms with van der Waals surface area (Å²) in [6, 6.07) is 0. The van der Waals surface area contributed by atoms with Gasteiger partial charge in [-0.05, 0) is 55.6 Å². The van der Waals surface area contributed by atoms with Crippen LogP contribution < -0.4 is 5.32 Å². The molecule has 0 aromatic carbocycles. The number of hydrogen-bond acceptors (Lipinski definition) is 4. The lowest BCUT2D eigenvalue weighted by atomic mass is 9.51. The molecule has 29 heavy (non-hydrogen) atoms. The Morgan fingerprint density at radius 3 is 2.52 bits per heavy atom. The highest BCUT2D eigenvalue weighted by Crippen LogP contribution is 3.07. The predicted molar refractivity (Wildman–Crippen MR) is 113 cm³/mol. The van der Waals surface area contributed by atoms with Gasteiger partial charge >= 0.3 is 6.09 Å². The molecule has 5 saturated carbocycles. The van der Waals surface area contributed by atoms with Crippen LogP contribution in [0.25, 0.3) is 0 Å². The maximum Gasteiger partial charge on any atom is 0.407 e. The minimum absolute atomic E-state index is 0.0459. The number of carbonyl (C=O) groups excluding carboxylic acids is 1. The number of ether oxygens (including phenoxy) is 1. The van der Waals surface area contributed by atoms with E-state index in [2.05, 4.69) is 44.0 Å². The first kappa shape index (κ1) is 19.3. The van der Waals surface area contributed by atoms with E-state index >= 15 is 0 Å². The normalized spacial score (nSPS) is 55.6. The Bertz CT molecular complexity index is 794. The monoisotopic (exact) mass is 398 g/mol. The van der Waals surface area contributed by atoms with Gasteiger partial charge in [0.15, 0.2) is 0 Å². The molecular weight excluding hydrogens is 364 g/mol. The molecule has 0 aromatic heterocycles. The van der Waals surface area contributed by atoms with Gasteiger partial charge in [0.2, 0.25) is 0 Å². The smallest absolute Gasteiger partial charge is 0.407 e. The predicted octanol–water partition coefficient (Wildman–Crippen LogP) is 3.74. The minimum atomic E-state index is -1.03. The van der Waals surface area contributed by atoms with E-state index in [0.717, 1.165) is 32.2 Å². The van der Waals surface area contributed by atoms with Crippen LogP contribution >= 0.6 is 0 Å². The molecule has 8 atom stereocenters. The lowest BCUT2D eigenvalue weighted by Crippen LogP contribution is -2.54. The molecule has 1 amide bonds. The van der Waals surface area contributed by atoms with Crippen molar-refractivity contribution in [2.24, 2.45) is 44.4 Å². The second-order valence-electron chi connectivity index (χ2n) is 10.8. The zero-order chi connectivity index (χ0) is 20.9. The van der Waals surface area contributed by atoms with Crippen molar-refractivity contribution in [3.05, 3.63) is 25.3 Å². The fourth-order valence-corrected chi connectivity index (χ4v) is 9.63. The van der Waals surface area contributed by atoms with Crippen LogP contribution in [0.15, 0.2) is 30.3 Å². The molecule has 0 aromatic rings. The summed E-state index contributed by atoms with van der Waals surface area (Å²) in [4.78, 5) is 17.0. The second-order valence-corrected chi connectivity index (χ2v) is 10.8. The Labute approximate surface area is 173 Å². The van der Waals surface area contributed by atoms with Crippen molar-refractivity contribution in [1.82, 2.24) is 5.32 Å². The van der Waals surface area contributed by atoms with Gasteiger partial charge in [0.05, 0.1) is 12.1 Å². The molecule has 5 aliphatic carbocycles. The van der Waals surface area contributed by atoms with E-state index in [9.17, 15) is 9.90 Å². The number of hydrogen-bond donors (Lipinski definition) is 2. The van der Waals surface area contributed by atoms with Gasteiger partial charge in [-0.3, -0.25) is 0 Å². The summed E-state index contributed by atoms with van der Waals surface area (Å²) in [6.45, 7) is 17.2. The maximum absolute atomic E-state index is 12.7. The number of fused-ring (bicyclic) bond motifs is 1. The Balaban J connectivity index is 1.25. The Kier molecular flexibility index (Phi) is 3.70. The van der Waals surface area contributed by atoms with Crippen LogP contribution in [0, 0.1) is 39.4 Å². The third-order valence-electron chi connectivity index (χ3n) is 10.5. The van der Waals surface area contributed by atoms with Crippen molar-refractivity contribution in [3.8, 4) is 0 Å². The van der Waals surface area contributed by atoms with Crippen LogP contribution in [0.4, 0.5) is 4.79 Å². The number of nitrogens with one attached hydrogen (secondary N) is 1. The molecule has 5 aliphatic rings. The van der Waals surface area contributed by atoms with Crippen molar-refractivity contribution in [1.29, 1.82) is 0 Å². The first-order valence-corrected chi connectivity index (χ1v) is 11.1. The fourth-order valence-electron chi connectivity index (χ4n) is 9.63.